The smallest absolute Gasteiger partial charge is 0.344 e. The molecule has 2 aliphatic rings. The Labute approximate surface area is 293 Å². The Kier molecular flexibility index (Phi) is 11.4. The van der Waals surface area contributed by atoms with Crippen LogP contribution in [0.15, 0.2) is 72.8 Å². The lowest BCUT2D eigenvalue weighted by Crippen LogP contribution is -2.59. The van der Waals surface area contributed by atoms with Crippen LogP contribution in [0.5, 0.6) is 5.75 Å². The Morgan fingerprint density at radius 1 is 0.980 bits per heavy atom. The van der Waals surface area contributed by atoms with E-state index in [1.54, 1.807) is 56.0 Å². The number of sulfonamides is 1. The van der Waals surface area contributed by atoms with Crippen LogP contribution in [0.1, 0.15) is 85.5 Å². The lowest BCUT2D eigenvalue weighted by atomic mass is 9.76. The van der Waals surface area contributed by atoms with Gasteiger partial charge in [0.25, 0.3) is 5.91 Å². The standard InChI is InChI=1S/C37H44ClN3O7S/c1-37(2,3)48-32(42)23-47-27-11-9-10-24(22-27)20-21-39-35(43)33-28-12-5-6-13-29(28)36(44)41(34(33)25-16-18-26(38)19-17-25)31-15-8-7-14-30(31)40-49(4,45)46/h5-6,9-13,16-19,22,30-31,33-34,40H,7-8,14-15,20-21,23H2,1-4H3,(H,39,43)/t30-,31-,33+,34-/m0/s1. The molecule has 0 saturated heterocycles. The van der Waals surface area contributed by atoms with E-state index in [0.29, 0.717) is 47.7 Å². The molecule has 0 bridgehead atoms. The van der Waals surface area contributed by atoms with Crippen LogP contribution in [-0.2, 0) is 30.8 Å². The van der Waals surface area contributed by atoms with Crippen molar-refractivity contribution in [2.45, 2.75) is 82.5 Å². The van der Waals surface area contributed by atoms with Crippen LogP contribution in [0.4, 0.5) is 0 Å². The maximum Gasteiger partial charge on any atom is 0.344 e. The topological polar surface area (TPSA) is 131 Å². The molecular weight excluding hydrogens is 666 g/mol. The van der Waals surface area contributed by atoms with Gasteiger partial charge in [-0.25, -0.2) is 17.9 Å². The van der Waals surface area contributed by atoms with Gasteiger partial charge in [0.1, 0.15) is 11.4 Å². The first-order chi connectivity index (χ1) is 23.2. The molecule has 49 heavy (non-hydrogen) atoms. The number of carbonyl (C=O) groups excluding carboxylic acids is 3. The summed E-state index contributed by atoms with van der Waals surface area (Å²) in [6.45, 7) is 5.46. The van der Waals surface area contributed by atoms with Crippen molar-refractivity contribution >= 4 is 39.4 Å². The van der Waals surface area contributed by atoms with E-state index in [4.69, 9.17) is 21.1 Å². The summed E-state index contributed by atoms with van der Waals surface area (Å²) in [4.78, 5) is 42.6. The van der Waals surface area contributed by atoms with Gasteiger partial charge in [0.2, 0.25) is 15.9 Å². The van der Waals surface area contributed by atoms with Gasteiger partial charge in [-0.05, 0) is 87.1 Å². The number of hydrogen-bond donors (Lipinski definition) is 2. The monoisotopic (exact) mass is 709 g/mol. The number of carbonyl (C=O) groups is 3. The number of nitrogens with zero attached hydrogens (tertiary/aromatic N) is 1. The third kappa shape index (κ3) is 9.40. The molecule has 1 aliphatic heterocycles. The molecule has 3 aromatic rings. The average Bonchev–Trinajstić information content (AvgIpc) is 3.03. The number of halogens is 1. The van der Waals surface area contributed by atoms with Gasteiger partial charge in [-0.1, -0.05) is 66.9 Å². The van der Waals surface area contributed by atoms with Gasteiger partial charge >= 0.3 is 5.97 Å². The highest BCUT2D eigenvalue weighted by atomic mass is 35.5. The zero-order chi connectivity index (χ0) is 35.3. The van der Waals surface area contributed by atoms with Crippen LogP contribution in [0.25, 0.3) is 0 Å². The second-order valence-corrected chi connectivity index (χ2v) is 15.9. The van der Waals surface area contributed by atoms with E-state index in [-0.39, 0.29) is 18.4 Å². The molecule has 10 nitrogen and oxygen atoms in total. The number of fused-ring (bicyclic) bond motifs is 1. The number of benzene rings is 3. The molecule has 0 radical (unpaired) electrons. The summed E-state index contributed by atoms with van der Waals surface area (Å²) in [5.74, 6) is -1.23. The van der Waals surface area contributed by atoms with Crippen molar-refractivity contribution in [3.8, 4) is 5.75 Å². The molecule has 0 unspecified atom stereocenters. The molecule has 3 aromatic carbocycles. The van der Waals surface area contributed by atoms with Crippen molar-refractivity contribution in [1.82, 2.24) is 14.9 Å². The third-order valence-corrected chi connectivity index (χ3v) is 9.69. The van der Waals surface area contributed by atoms with Gasteiger partial charge in [0.15, 0.2) is 6.61 Å². The lowest BCUT2D eigenvalue weighted by molar-refractivity contribution is -0.157. The van der Waals surface area contributed by atoms with E-state index in [9.17, 15) is 22.8 Å². The van der Waals surface area contributed by atoms with Crippen molar-refractivity contribution in [2.75, 3.05) is 19.4 Å². The third-order valence-electron chi connectivity index (χ3n) is 8.71. The molecule has 12 heteroatoms. The number of amides is 2. The number of esters is 1. The summed E-state index contributed by atoms with van der Waals surface area (Å²) in [5, 5.41) is 3.63. The Bertz CT molecular complexity index is 1770. The predicted octanol–water partition coefficient (Wildman–Crippen LogP) is 5.56. The molecule has 1 heterocycles. The molecule has 1 aliphatic carbocycles. The minimum absolute atomic E-state index is 0.221. The number of nitrogens with one attached hydrogen (secondary N) is 2. The molecule has 4 atom stereocenters. The zero-order valence-corrected chi connectivity index (χ0v) is 29.9. The Morgan fingerprint density at radius 2 is 1.69 bits per heavy atom. The molecule has 5 rings (SSSR count). The number of rotatable bonds is 11. The Morgan fingerprint density at radius 3 is 2.41 bits per heavy atom. The average molecular weight is 710 g/mol. The van der Waals surface area contributed by atoms with Gasteiger partial charge in [-0.15, -0.1) is 0 Å². The molecular formula is C37H44ClN3O7S. The van der Waals surface area contributed by atoms with Crippen molar-refractivity contribution in [1.29, 1.82) is 0 Å². The second kappa shape index (κ2) is 15.3. The zero-order valence-electron chi connectivity index (χ0n) is 28.3. The summed E-state index contributed by atoms with van der Waals surface area (Å²) in [6, 6.07) is 19.9. The molecule has 0 aromatic heterocycles. The first kappa shape index (κ1) is 36.4. The largest absolute Gasteiger partial charge is 0.482 e. The quantitative estimate of drug-likeness (QED) is 0.249. The maximum absolute atomic E-state index is 14.4. The van der Waals surface area contributed by atoms with E-state index in [1.807, 2.05) is 42.5 Å². The SMILES string of the molecule is CC(C)(C)OC(=O)COc1cccc(CCNC(=O)[C@@H]2c3ccccc3C(=O)N([C@H]3CCCC[C@@H]3NS(C)(=O)=O)[C@H]2c2ccc(Cl)cc2)c1. The summed E-state index contributed by atoms with van der Waals surface area (Å²) >= 11 is 6.27. The maximum atomic E-state index is 14.4. The van der Waals surface area contributed by atoms with Crippen molar-refractivity contribution in [3.05, 3.63) is 100 Å². The molecule has 2 N–H and O–H groups in total. The Hall–Kier alpha value is -3.93. The Balaban J connectivity index is 1.41. The van der Waals surface area contributed by atoms with E-state index in [0.717, 1.165) is 30.2 Å². The van der Waals surface area contributed by atoms with Crippen LogP contribution in [0, 0.1) is 0 Å². The van der Waals surface area contributed by atoms with Gasteiger partial charge in [0, 0.05) is 29.2 Å². The predicted molar refractivity (Wildman–Crippen MR) is 188 cm³/mol. The highest BCUT2D eigenvalue weighted by molar-refractivity contribution is 7.88. The van der Waals surface area contributed by atoms with Crippen LogP contribution in [-0.4, -0.2) is 68.2 Å². The van der Waals surface area contributed by atoms with E-state index in [1.165, 1.54) is 0 Å². The molecule has 0 spiro atoms. The van der Waals surface area contributed by atoms with E-state index >= 15 is 0 Å². The van der Waals surface area contributed by atoms with Crippen LogP contribution in [0.3, 0.4) is 0 Å². The second-order valence-electron chi connectivity index (χ2n) is 13.7. The minimum Gasteiger partial charge on any atom is -0.482 e. The van der Waals surface area contributed by atoms with Crippen molar-refractivity contribution in [2.24, 2.45) is 0 Å². The van der Waals surface area contributed by atoms with Crippen LogP contribution < -0.4 is 14.8 Å². The van der Waals surface area contributed by atoms with Gasteiger partial charge < -0.3 is 19.7 Å². The van der Waals surface area contributed by atoms with E-state index in [2.05, 4.69) is 10.0 Å². The fourth-order valence-corrected chi connectivity index (χ4v) is 7.77. The van der Waals surface area contributed by atoms with Crippen LogP contribution >= 0.6 is 11.6 Å². The van der Waals surface area contributed by atoms with Gasteiger partial charge in [-0.2, -0.15) is 0 Å². The first-order valence-corrected chi connectivity index (χ1v) is 18.8. The minimum atomic E-state index is -3.56. The summed E-state index contributed by atoms with van der Waals surface area (Å²) < 4.78 is 38.6. The van der Waals surface area contributed by atoms with Crippen LogP contribution in [0.2, 0.25) is 5.02 Å². The van der Waals surface area contributed by atoms with Gasteiger partial charge in [-0.3, -0.25) is 9.59 Å². The van der Waals surface area contributed by atoms with Crippen molar-refractivity contribution in [3.63, 3.8) is 0 Å². The van der Waals surface area contributed by atoms with E-state index < -0.39 is 45.6 Å². The fourth-order valence-electron chi connectivity index (χ4n) is 6.81. The summed E-state index contributed by atoms with van der Waals surface area (Å²) in [6.07, 6.45) is 4.43. The molecule has 262 valence electrons. The summed E-state index contributed by atoms with van der Waals surface area (Å²) in [7, 11) is -3.56. The lowest BCUT2D eigenvalue weighted by Gasteiger charge is -2.49. The molecule has 1 saturated carbocycles. The number of hydrogen-bond acceptors (Lipinski definition) is 7. The highest BCUT2D eigenvalue weighted by Gasteiger charge is 2.48. The summed E-state index contributed by atoms with van der Waals surface area (Å²) in [5.41, 5.74) is 2.05. The molecule has 1 fully saturated rings. The fraction of sp³-hybridized carbons (Fsp3) is 0.432. The number of ether oxygens (including phenoxy) is 2. The van der Waals surface area contributed by atoms with Gasteiger partial charge in [0.05, 0.1) is 18.2 Å². The highest BCUT2D eigenvalue weighted by Crippen LogP contribution is 2.46. The normalized spacial score (nSPS) is 21.1. The molecule has 2 amide bonds. The first-order valence-electron chi connectivity index (χ1n) is 16.6. The van der Waals surface area contributed by atoms with Crippen molar-refractivity contribution < 1.29 is 32.3 Å².